The van der Waals surface area contributed by atoms with Crippen LogP contribution >= 0.6 is 0 Å². The van der Waals surface area contributed by atoms with E-state index in [4.69, 9.17) is 4.74 Å². The van der Waals surface area contributed by atoms with Gasteiger partial charge in [-0.05, 0) is 63.6 Å². The summed E-state index contributed by atoms with van der Waals surface area (Å²) in [7, 11) is 0. The van der Waals surface area contributed by atoms with Crippen LogP contribution in [-0.2, 0) is 9.59 Å². The number of aryl methyl sites for hydroxylation is 1. The maximum Gasteiger partial charge on any atom is 0.261 e. The van der Waals surface area contributed by atoms with E-state index in [1.807, 2.05) is 45.9 Å². The summed E-state index contributed by atoms with van der Waals surface area (Å²) >= 11 is 0. The fourth-order valence-electron chi connectivity index (χ4n) is 2.51. The number of hydrogen-bond donors (Lipinski definition) is 1. The van der Waals surface area contributed by atoms with E-state index in [0.29, 0.717) is 11.4 Å². The fourth-order valence-corrected chi connectivity index (χ4v) is 2.51. The summed E-state index contributed by atoms with van der Waals surface area (Å²) in [6.45, 7) is 7.16. The van der Waals surface area contributed by atoms with Crippen LogP contribution in [0.3, 0.4) is 0 Å². The Kier molecular flexibility index (Phi) is 6.55. The molecule has 0 radical (unpaired) electrons. The van der Waals surface area contributed by atoms with E-state index in [-0.39, 0.29) is 30.8 Å². The molecule has 144 valence electrons. The molecular formula is C21H25FN2O3. The number of rotatable bonds is 6. The molecule has 0 heterocycles. The third-order valence-corrected chi connectivity index (χ3v) is 3.99. The number of amides is 2. The van der Waals surface area contributed by atoms with Crippen LogP contribution in [0.25, 0.3) is 0 Å². The second-order valence-corrected chi connectivity index (χ2v) is 7.26. The zero-order chi connectivity index (χ0) is 20.0. The third kappa shape index (κ3) is 6.09. The number of nitrogens with one attached hydrogen (secondary N) is 1. The number of para-hydroxylation sites is 1. The Morgan fingerprint density at radius 3 is 2.30 bits per heavy atom. The molecular weight excluding hydrogens is 347 g/mol. The number of nitrogens with zero attached hydrogens (tertiary/aromatic N) is 1. The molecule has 0 bridgehead atoms. The molecule has 0 saturated heterocycles. The summed E-state index contributed by atoms with van der Waals surface area (Å²) in [5.41, 5.74) is 0.840. The summed E-state index contributed by atoms with van der Waals surface area (Å²) < 4.78 is 18.6. The van der Waals surface area contributed by atoms with Crippen LogP contribution in [0.2, 0.25) is 0 Å². The molecule has 0 unspecified atom stereocenters. The van der Waals surface area contributed by atoms with E-state index in [1.54, 1.807) is 6.07 Å². The molecule has 0 spiro atoms. The number of benzene rings is 2. The van der Waals surface area contributed by atoms with E-state index >= 15 is 0 Å². The topological polar surface area (TPSA) is 58.6 Å². The summed E-state index contributed by atoms with van der Waals surface area (Å²) in [5.74, 6) is -0.399. The van der Waals surface area contributed by atoms with E-state index < -0.39 is 5.54 Å². The van der Waals surface area contributed by atoms with Crippen molar-refractivity contribution in [2.75, 3.05) is 18.5 Å². The number of carbonyl (C=O) groups is 2. The SMILES string of the molecule is Cc1ccccc1OCC(=O)N(CC(=O)Nc1ccc(F)cc1)C(C)(C)C. The van der Waals surface area contributed by atoms with E-state index in [2.05, 4.69) is 5.32 Å². The lowest BCUT2D eigenvalue weighted by Gasteiger charge is -2.35. The van der Waals surface area contributed by atoms with Gasteiger partial charge in [-0.25, -0.2) is 4.39 Å². The quantitative estimate of drug-likeness (QED) is 0.840. The second-order valence-electron chi connectivity index (χ2n) is 7.26. The van der Waals surface area contributed by atoms with Gasteiger partial charge >= 0.3 is 0 Å². The number of anilines is 1. The Morgan fingerprint density at radius 2 is 1.70 bits per heavy atom. The Hall–Kier alpha value is -2.89. The number of halogens is 1. The first-order chi connectivity index (χ1) is 12.7. The van der Waals surface area contributed by atoms with Crippen LogP contribution in [0.15, 0.2) is 48.5 Å². The first kappa shape index (κ1) is 20.4. The Bertz CT molecular complexity index is 798. The van der Waals surface area contributed by atoms with E-state index in [9.17, 15) is 14.0 Å². The lowest BCUT2D eigenvalue weighted by atomic mass is 10.1. The van der Waals surface area contributed by atoms with Crippen molar-refractivity contribution < 1.29 is 18.7 Å². The molecule has 2 aromatic carbocycles. The largest absolute Gasteiger partial charge is 0.484 e. The number of ether oxygens (including phenoxy) is 1. The summed E-state index contributed by atoms with van der Waals surface area (Å²) in [4.78, 5) is 26.5. The van der Waals surface area contributed by atoms with Gasteiger partial charge in [0.05, 0.1) is 0 Å². The highest BCUT2D eigenvalue weighted by Crippen LogP contribution is 2.18. The van der Waals surface area contributed by atoms with Gasteiger partial charge in [0.25, 0.3) is 5.91 Å². The van der Waals surface area contributed by atoms with Gasteiger partial charge in [-0.2, -0.15) is 0 Å². The van der Waals surface area contributed by atoms with Gasteiger partial charge in [-0.1, -0.05) is 18.2 Å². The number of hydrogen-bond acceptors (Lipinski definition) is 3. The van der Waals surface area contributed by atoms with Gasteiger partial charge in [0.15, 0.2) is 6.61 Å². The fraction of sp³-hybridized carbons (Fsp3) is 0.333. The molecule has 2 amide bonds. The molecule has 0 aliphatic carbocycles. The minimum Gasteiger partial charge on any atom is -0.484 e. The molecule has 0 atom stereocenters. The lowest BCUT2D eigenvalue weighted by molar-refractivity contribution is -0.141. The molecule has 0 fully saturated rings. The highest BCUT2D eigenvalue weighted by Gasteiger charge is 2.28. The third-order valence-electron chi connectivity index (χ3n) is 3.99. The monoisotopic (exact) mass is 372 g/mol. The van der Waals surface area contributed by atoms with Gasteiger partial charge in [-0.15, -0.1) is 0 Å². The molecule has 6 heteroatoms. The minimum atomic E-state index is -0.563. The molecule has 2 rings (SSSR count). The summed E-state index contributed by atoms with van der Waals surface area (Å²) in [6, 6.07) is 12.9. The van der Waals surface area contributed by atoms with Crippen molar-refractivity contribution in [2.45, 2.75) is 33.2 Å². The smallest absolute Gasteiger partial charge is 0.261 e. The predicted molar refractivity (Wildman–Crippen MR) is 103 cm³/mol. The van der Waals surface area contributed by atoms with Gasteiger partial charge < -0.3 is 15.0 Å². The standard InChI is InChI=1S/C21H25FN2O3/c1-15-7-5-6-8-18(15)27-14-20(26)24(21(2,3)4)13-19(25)23-17-11-9-16(22)10-12-17/h5-12H,13-14H2,1-4H3,(H,23,25). The van der Waals surface area contributed by atoms with Crippen molar-refractivity contribution in [3.63, 3.8) is 0 Å². The molecule has 0 aliphatic heterocycles. The summed E-state index contributed by atoms with van der Waals surface area (Å²) in [5, 5.41) is 2.67. The highest BCUT2D eigenvalue weighted by molar-refractivity contribution is 5.94. The Morgan fingerprint density at radius 1 is 1.07 bits per heavy atom. The van der Waals surface area contributed by atoms with E-state index in [1.165, 1.54) is 29.2 Å². The van der Waals surface area contributed by atoms with Crippen LogP contribution < -0.4 is 10.1 Å². The maximum atomic E-state index is 13.0. The molecule has 0 aliphatic rings. The average molecular weight is 372 g/mol. The van der Waals surface area contributed by atoms with Crippen molar-refractivity contribution in [1.82, 2.24) is 4.90 Å². The van der Waals surface area contributed by atoms with Crippen LogP contribution in [0.5, 0.6) is 5.75 Å². The molecule has 2 aromatic rings. The Labute approximate surface area is 159 Å². The van der Waals surface area contributed by atoms with Crippen molar-refractivity contribution in [2.24, 2.45) is 0 Å². The molecule has 0 aromatic heterocycles. The van der Waals surface area contributed by atoms with Gasteiger partial charge in [0.2, 0.25) is 5.91 Å². The van der Waals surface area contributed by atoms with Crippen LogP contribution in [0.1, 0.15) is 26.3 Å². The Balaban J connectivity index is 2.01. The van der Waals surface area contributed by atoms with Crippen LogP contribution in [0.4, 0.5) is 10.1 Å². The van der Waals surface area contributed by atoms with Crippen molar-refractivity contribution in [3.05, 3.63) is 59.9 Å². The lowest BCUT2D eigenvalue weighted by Crippen LogP contribution is -2.51. The predicted octanol–water partition coefficient (Wildman–Crippen LogP) is 3.78. The first-order valence-electron chi connectivity index (χ1n) is 8.71. The molecule has 5 nitrogen and oxygen atoms in total. The normalized spacial score (nSPS) is 11.0. The maximum absolute atomic E-state index is 13.0. The van der Waals surface area contributed by atoms with Crippen LogP contribution in [-0.4, -0.2) is 35.4 Å². The molecule has 1 N–H and O–H groups in total. The van der Waals surface area contributed by atoms with E-state index in [0.717, 1.165) is 5.56 Å². The average Bonchev–Trinajstić information content (AvgIpc) is 2.60. The number of carbonyl (C=O) groups excluding carboxylic acids is 2. The van der Waals surface area contributed by atoms with Gasteiger partial charge in [-0.3, -0.25) is 9.59 Å². The van der Waals surface area contributed by atoms with Crippen LogP contribution in [0, 0.1) is 12.7 Å². The van der Waals surface area contributed by atoms with Gasteiger partial charge in [0.1, 0.15) is 18.1 Å². The van der Waals surface area contributed by atoms with Crippen molar-refractivity contribution in [1.29, 1.82) is 0 Å². The van der Waals surface area contributed by atoms with Crippen molar-refractivity contribution >= 4 is 17.5 Å². The zero-order valence-electron chi connectivity index (χ0n) is 16.1. The first-order valence-corrected chi connectivity index (χ1v) is 8.71. The zero-order valence-corrected chi connectivity index (χ0v) is 16.1. The van der Waals surface area contributed by atoms with Crippen molar-refractivity contribution in [3.8, 4) is 5.75 Å². The minimum absolute atomic E-state index is 0.128. The van der Waals surface area contributed by atoms with Gasteiger partial charge in [0, 0.05) is 11.2 Å². The molecule has 27 heavy (non-hydrogen) atoms. The highest BCUT2D eigenvalue weighted by atomic mass is 19.1. The summed E-state index contributed by atoms with van der Waals surface area (Å²) in [6.07, 6.45) is 0. The second kappa shape index (κ2) is 8.66. The molecule has 0 saturated carbocycles.